The molecule has 8 nitrogen and oxygen atoms in total. The summed E-state index contributed by atoms with van der Waals surface area (Å²) in [5.41, 5.74) is 15.3. The van der Waals surface area contributed by atoms with Crippen molar-refractivity contribution in [2.45, 2.75) is 90.0 Å². The lowest BCUT2D eigenvalue weighted by Gasteiger charge is -2.03. The maximum absolute atomic E-state index is 10.2. The highest BCUT2D eigenvalue weighted by atomic mass is 16.4. The molecule has 8 heteroatoms. The van der Waals surface area contributed by atoms with Gasteiger partial charge in [0.25, 0.3) is 0 Å². The average Bonchev–Trinajstić information content (AvgIpc) is 2.57. The Morgan fingerprint density at radius 3 is 1.81 bits per heavy atom. The number of aliphatic carboxylic acids is 2. The Morgan fingerprint density at radius 2 is 1.38 bits per heavy atom. The van der Waals surface area contributed by atoms with Gasteiger partial charge in [-0.3, -0.25) is 14.6 Å². The number of carboxylic acid groups (broad SMARTS) is 2. The highest BCUT2D eigenvalue weighted by molar-refractivity contribution is 5.75. The van der Waals surface area contributed by atoms with Gasteiger partial charge in [0.2, 0.25) is 0 Å². The van der Waals surface area contributed by atoms with Crippen LogP contribution >= 0.6 is 0 Å². The number of nitrogens with two attached hydrogens (primary N) is 3. The van der Waals surface area contributed by atoms with Gasteiger partial charge >= 0.3 is 11.9 Å². The summed E-state index contributed by atoms with van der Waals surface area (Å²) in [4.78, 5) is 24.1. The van der Waals surface area contributed by atoms with Gasteiger partial charge in [0.15, 0.2) is 5.96 Å². The van der Waals surface area contributed by atoms with Gasteiger partial charge in [0, 0.05) is 13.0 Å². The predicted octanol–water partition coefficient (Wildman–Crippen LogP) is 2.44. The molecule has 26 heavy (non-hydrogen) atoms. The van der Waals surface area contributed by atoms with Crippen LogP contribution in [0.4, 0.5) is 0 Å². The van der Waals surface area contributed by atoms with Crippen LogP contribution in [0, 0.1) is 0 Å². The van der Waals surface area contributed by atoms with Crippen molar-refractivity contribution in [1.29, 1.82) is 0 Å². The van der Waals surface area contributed by atoms with Gasteiger partial charge in [-0.1, -0.05) is 58.3 Å². The van der Waals surface area contributed by atoms with Crippen LogP contribution in [-0.2, 0) is 9.59 Å². The van der Waals surface area contributed by atoms with Crippen LogP contribution in [0.25, 0.3) is 0 Å². The van der Waals surface area contributed by atoms with E-state index >= 15 is 0 Å². The number of carboxylic acids is 2. The molecular weight excluding hydrogens is 336 g/mol. The molecular formula is C18H38N4O4. The summed E-state index contributed by atoms with van der Waals surface area (Å²) in [7, 11) is 0. The third kappa shape index (κ3) is 24.4. The predicted molar refractivity (Wildman–Crippen MR) is 105 cm³/mol. The molecule has 0 bridgehead atoms. The summed E-state index contributed by atoms with van der Waals surface area (Å²) < 4.78 is 0. The fourth-order valence-electron chi connectivity index (χ4n) is 2.23. The summed E-state index contributed by atoms with van der Waals surface area (Å²) in [6, 6.07) is -0.820. The fraction of sp³-hybridized carbons (Fsp3) is 0.833. The number of guanidine groups is 1. The Hall–Kier alpha value is -1.83. The normalized spacial score (nSPS) is 11.2. The fourth-order valence-corrected chi connectivity index (χ4v) is 2.23. The molecule has 0 saturated heterocycles. The van der Waals surface area contributed by atoms with Crippen molar-refractivity contribution in [2.75, 3.05) is 6.54 Å². The first kappa shape index (κ1) is 26.4. The molecule has 0 aliphatic carbocycles. The SMILES string of the molecule is CCCCCCCCCCCC(=O)O.NC(N)=NCCC[C@H](N)C(=O)O. The van der Waals surface area contributed by atoms with E-state index in [1.807, 2.05) is 0 Å². The maximum atomic E-state index is 10.2. The molecule has 0 amide bonds. The number of nitrogens with zero attached hydrogens (tertiary/aromatic N) is 1. The molecule has 0 rings (SSSR count). The van der Waals surface area contributed by atoms with E-state index in [1.54, 1.807) is 0 Å². The zero-order valence-corrected chi connectivity index (χ0v) is 16.2. The second kappa shape index (κ2) is 19.5. The van der Waals surface area contributed by atoms with Crippen LogP contribution < -0.4 is 17.2 Å². The first-order valence-electron chi connectivity index (χ1n) is 9.56. The van der Waals surface area contributed by atoms with Crippen LogP contribution in [0.2, 0.25) is 0 Å². The second-order valence-corrected chi connectivity index (χ2v) is 6.37. The molecule has 0 aromatic rings. The number of hydrogen-bond donors (Lipinski definition) is 5. The van der Waals surface area contributed by atoms with Crippen molar-refractivity contribution in [3.63, 3.8) is 0 Å². The van der Waals surface area contributed by atoms with Gasteiger partial charge in [-0.25, -0.2) is 0 Å². The van der Waals surface area contributed by atoms with Crippen LogP contribution in [0.1, 0.15) is 84.0 Å². The Kier molecular flexibility index (Phi) is 19.8. The lowest BCUT2D eigenvalue weighted by molar-refractivity contribution is -0.139. The monoisotopic (exact) mass is 374 g/mol. The van der Waals surface area contributed by atoms with E-state index in [0.29, 0.717) is 25.8 Å². The standard InChI is InChI=1S/C12H24O2.C6H14N4O2/c1-2-3-4-5-6-7-8-9-10-11-12(13)14;7-4(5(11)12)2-1-3-10-6(8)9/h2-11H2,1H3,(H,13,14);4H,1-3,7H2,(H,11,12)(H4,8,9,10)/t;4-/m.0/s1. The summed E-state index contributed by atoms with van der Waals surface area (Å²) in [5, 5.41) is 16.8. The quantitative estimate of drug-likeness (QED) is 0.167. The summed E-state index contributed by atoms with van der Waals surface area (Å²) in [6.07, 6.45) is 12.4. The van der Waals surface area contributed by atoms with E-state index < -0.39 is 18.0 Å². The topological polar surface area (TPSA) is 165 Å². The molecule has 0 aliphatic rings. The van der Waals surface area contributed by atoms with Crippen LogP contribution in [0.5, 0.6) is 0 Å². The van der Waals surface area contributed by atoms with E-state index in [0.717, 1.165) is 12.8 Å². The van der Waals surface area contributed by atoms with Gasteiger partial charge in [-0.05, 0) is 19.3 Å². The van der Waals surface area contributed by atoms with E-state index in [-0.39, 0.29) is 5.96 Å². The molecule has 0 radical (unpaired) electrons. The Morgan fingerprint density at radius 1 is 0.885 bits per heavy atom. The minimum absolute atomic E-state index is 0.0129. The molecule has 0 fully saturated rings. The lowest BCUT2D eigenvalue weighted by Crippen LogP contribution is -2.30. The zero-order valence-electron chi connectivity index (χ0n) is 16.2. The first-order valence-corrected chi connectivity index (χ1v) is 9.56. The van der Waals surface area contributed by atoms with E-state index in [4.69, 9.17) is 27.4 Å². The van der Waals surface area contributed by atoms with Gasteiger partial charge in [0.05, 0.1) is 0 Å². The number of hydrogen-bond acceptors (Lipinski definition) is 4. The molecule has 154 valence electrons. The number of carbonyl (C=O) groups is 2. The number of unbranched alkanes of at least 4 members (excludes halogenated alkanes) is 8. The van der Waals surface area contributed by atoms with Gasteiger partial charge in [-0.15, -0.1) is 0 Å². The van der Waals surface area contributed by atoms with Crippen molar-refractivity contribution < 1.29 is 19.8 Å². The van der Waals surface area contributed by atoms with Crippen molar-refractivity contribution >= 4 is 17.9 Å². The van der Waals surface area contributed by atoms with Gasteiger partial charge in [-0.2, -0.15) is 0 Å². The Bertz CT molecular complexity index is 385. The number of aliphatic imine (C=N–C) groups is 1. The highest BCUT2D eigenvalue weighted by Gasteiger charge is 2.09. The van der Waals surface area contributed by atoms with Crippen LogP contribution in [-0.4, -0.2) is 40.7 Å². The lowest BCUT2D eigenvalue weighted by atomic mass is 10.1. The van der Waals surface area contributed by atoms with Crippen molar-refractivity contribution in [3.05, 3.63) is 0 Å². The van der Waals surface area contributed by atoms with Gasteiger partial charge in [0.1, 0.15) is 6.04 Å². The molecule has 0 aliphatic heterocycles. The highest BCUT2D eigenvalue weighted by Crippen LogP contribution is 2.10. The second-order valence-electron chi connectivity index (χ2n) is 6.37. The minimum atomic E-state index is -1.00. The zero-order chi connectivity index (χ0) is 20.2. The molecule has 0 spiro atoms. The van der Waals surface area contributed by atoms with E-state index in [2.05, 4.69) is 11.9 Å². The summed E-state index contributed by atoms with van der Waals surface area (Å²) in [5.74, 6) is -1.65. The minimum Gasteiger partial charge on any atom is -0.481 e. The maximum Gasteiger partial charge on any atom is 0.320 e. The van der Waals surface area contributed by atoms with Crippen molar-refractivity contribution in [2.24, 2.45) is 22.2 Å². The smallest absolute Gasteiger partial charge is 0.320 e. The van der Waals surface area contributed by atoms with Crippen LogP contribution in [0.15, 0.2) is 4.99 Å². The third-order valence-corrected chi connectivity index (χ3v) is 3.78. The van der Waals surface area contributed by atoms with Crippen molar-refractivity contribution in [1.82, 2.24) is 0 Å². The first-order chi connectivity index (χ1) is 12.3. The van der Waals surface area contributed by atoms with Crippen molar-refractivity contribution in [3.8, 4) is 0 Å². The molecule has 0 aromatic carbocycles. The third-order valence-electron chi connectivity index (χ3n) is 3.78. The molecule has 0 heterocycles. The van der Waals surface area contributed by atoms with Gasteiger partial charge < -0.3 is 27.4 Å². The number of rotatable bonds is 15. The van der Waals surface area contributed by atoms with Crippen LogP contribution in [0.3, 0.4) is 0 Å². The van der Waals surface area contributed by atoms with E-state index in [9.17, 15) is 9.59 Å². The molecule has 0 aromatic heterocycles. The Labute approximate surface area is 157 Å². The average molecular weight is 375 g/mol. The Balaban J connectivity index is 0. The molecule has 8 N–H and O–H groups in total. The van der Waals surface area contributed by atoms with E-state index in [1.165, 1.54) is 44.9 Å². The summed E-state index contributed by atoms with van der Waals surface area (Å²) in [6.45, 7) is 2.65. The summed E-state index contributed by atoms with van der Waals surface area (Å²) >= 11 is 0. The molecule has 0 unspecified atom stereocenters. The largest absolute Gasteiger partial charge is 0.481 e. The molecule has 0 saturated carbocycles. The molecule has 1 atom stereocenters.